The van der Waals surface area contributed by atoms with Crippen LogP contribution in [-0.2, 0) is 4.79 Å². The van der Waals surface area contributed by atoms with Crippen LogP contribution in [0.2, 0.25) is 0 Å². The van der Waals surface area contributed by atoms with E-state index in [2.05, 4.69) is 16.0 Å². The molecular formula is C11H22N4O4. The summed E-state index contributed by atoms with van der Waals surface area (Å²) in [5, 5.41) is 16.2. The fourth-order valence-electron chi connectivity index (χ4n) is 1.32. The number of carbonyl (C=O) groups excluding carboxylic acids is 2. The van der Waals surface area contributed by atoms with Crippen LogP contribution in [0, 0.1) is 5.41 Å². The number of rotatable bonds is 6. The van der Waals surface area contributed by atoms with Crippen LogP contribution in [0.3, 0.4) is 0 Å². The second kappa shape index (κ2) is 7.45. The Balaban J connectivity index is 4.17. The third-order valence-corrected chi connectivity index (χ3v) is 2.44. The second-order valence-corrected chi connectivity index (χ2v) is 5.21. The molecule has 0 aliphatic heterocycles. The summed E-state index contributed by atoms with van der Waals surface area (Å²) in [7, 11) is 0. The highest BCUT2D eigenvalue weighted by Gasteiger charge is 2.28. The lowest BCUT2D eigenvalue weighted by atomic mass is 9.85. The molecule has 4 amide bonds. The van der Waals surface area contributed by atoms with E-state index in [1.54, 1.807) is 0 Å². The van der Waals surface area contributed by atoms with Crippen molar-refractivity contribution < 1.29 is 19.5 Å². The zero-order valence-electron chi connectivity index (χ0n) is 11.4. The highest BCUT2D eigenvalue weighted by molar-refractivity contribution is 5.76. The van der Waals surface area contributed by atoms with Crippen LogP contribution in [0.5, 0.6) is 0 Å². The number of primary amides is 1. The number of hydrogen-bond acceptors (Lipinski definition) is 3. The lowest BCUT2D eigenvalue weighted by Crippen LogP contribution is -2.50. The van der Waals surface area contributed by atoms with Gasteiger partial charge >= 0.3 is 18.0 Å². The molecule has 0 aromatic rings. The number of carboxylic acids is 1. The van der Waals surface area contributed by atoms with Gasteiger partial charge in [-0.1, -0.05) is 20.8 Å². The maximum Gasteiger partial charge on any atom is 0.315 e. The summed E-state index contributed by atoms with van der Waals surface area (Å²) < 4.78 is 0. The molecule has 0 bridgehead atoms. The second-order valence-electron chi connectivity index (χ2n) is 5.21. The topological polar surface area (TPSA) is 134 Å². The molecule has 1 unspecified atom stereocenters. The lowest BCUT2D eigenvalue weighted by Gasteiger charge is -2.30. The van der Waals surface area contributed by atoms with E-state index < -0.39 is 24.1 Å². The highest BCUT2D eigenvalue weighted by atomic mass is 16.4. The molecule has 110 valence electrons. The fraction of sp³-hybridized carbons (Fsp3) is 0.727. The lowest BCUT2D eigenvalue weighted by molar-refractivity contribution is -0.138. The minimum atomic E-state index is -0.976. The molecule has 0 heterocycles. The van der Waals surface area contributed by atoms with Crippen LogP contribution in [0.25, 0.3) is 0 Å². The Kier molecular flexibility index (Phi) is 6.67. The van der Waals surface area contributed by atoms with Gasteiger partial charge in [-0.05, 0) is 5.41 Å². The Morgan fingerprint density at radius 3 is 2.11 bits per heavy atom. The number of urea groups is 2. The molecule has 0 saturated carbocycles. The van der Waals surface area contributed by atoms with Crippen molar-refractivity contribution in [3.8, 4) is 0 Å². The van der Waals surface area contributed by atoms with Crippen molar-refractivity contribution >= 4 is 18.0 Å². The van der Waals surface area contributed by atoms with Gasteiger partial charge in [0, 0.05) is 19.1 Å². The summed E-state index contributed by atoms with van der Waals surface area (Å²) >= 11 is 0. The molecule has 1 atom stereocenters. The Morgan fingerprint density at radius 2 is 1.68 bits per heavy atom. The van der Waals surface area contributed by atoms with Crippen molar-refractivity contribution in [3.05, 3.63) is 0 Å². The van der Waals surface area contributed by atoms with Crippen LogP contribution in [0.4, 0.5) is 9.59 Å². The summed E-state index contributed by atoms with van der Waals surface area (Å²) in [6, 6.07) is -1.64. The molecule has 19 heavy (non-hydrogen) atoms. The van der Waals surface area contributed by atoms with Gasteiger partial charge in [0.2, 0.25) is 0 Å². The minimum Gasteiger partial charge on any atom is -0.481 e. The van der Waals surface area contributed by atoms with Gasteiger partial charge in [-0.15, -0.1) is 0 Å². The maximum atomic E-state index is 11.6. The molecule has 6 N–H and O–H groups in total. The van der Waals surface area contributed by atoms with E-state index in [4.69, 9.17) is 10.8 Å². The average molecular weight is 274 g/mol. The Bertz CT molecular complexity index is 338. The smallest absolute Gasteiger partial charge is 0.315 e. The van der Waals surface area contributed by atoms with E-state index in [0.29, 0.717) is 0 Å². The van der Waals surface area contributed by atoms with Crippen LogP contribution in [0.1, 0.15) is 27.2 Å². The van der Waals surface area contributed by atoms with Crippen LogP contribution in [0.15, 0.2) is 0 Å². The molecule has 0 fully saturated rings. The van der Waals surface area contributed by atoms with Crippen LogP contribution < -0.4 is 21.7 Å². The molecule has 0 saturated heterocycles. The third kappa shape index (κ3) is 8.70. The van der Waals surface area contributed by atoms with Gasteiger partial charge in [-0.3, -0.25) is 4.79 Å². The number of aliphatic carboxylic acids is 1. The summed E-state index contributed by atoms with van der Waals surface area (Å²) in [4.78, 5) is 32.7. The molecule has 0 radical (unpaired) electrons. The molecule has 0 spiro atoms. The van der Waals surface area contributed by atoms with Gasteiger partial charge < -0.3 is 26.8 Å². The van der Waals surface area contributed by atoms with Gasteiger partial charge in [0.15, 0.2) is 0 Å². The van der Waals surface area contributed by atoms with E-state index in [0.717, 1.165) is 0 Å². The molecule has 0 aromatic carbocycles. The van der Waals surface area contributed by atoms with Crippen molar-refractivity contribution in [1.29, 1.82) is 0 Å². The van der Waals surface area contributed by atoms with Gasteiger partial charge in [0.1, 0.15) is 0 Å². The van der Waals surface area contributed by atoms with E-state index >= 15 is 0 Å². The van der Waals surface area contributed by atoms with Crippen molar-refractivity contribution in [2.75, 3.05) is 13.1 Å². The number of carboxylic acid groups (broad SMARTS) is 1. The van der Waals surface area contributed by atoms with Crippen LogP contribution in [-0.4, -0.2) is 42.3 Å². The van der Waals surface area contributed by atoms with Gasteiger partial charge in [0.05, 0.1) is 6.42 Å². The molecular weight excluding hydrogens is 252 g/mol. The molecule has 0 aliphatic carbocycles. The number of amides is 4. The first kappa shape index (κ1) is 17.0. The zero-order chi connectivity index (χ0) is 15.1. The summed E-state index contributed by atoms with van der Waals surface area (Å²) in [6.45, 7) is 5.95. The predicted molar refractivity (Wildman–Crippen MR) is 69.6 cm³/mol. The zero-order valence-corrected chi connectivity index (χ0v) is 11.4. The monoisotopic (exact) mass is 274 g/mol. The molecule has 8 nitrogen and oxygen atoms in total. The number of carbonyl (C=O) groups is 3. The Labute approximate surface area is 112 Å². The van der Waals surface area contributed by atoms with Gasteiger partial charge in [-0.25, -0.2) is 9.59 Å². The largest absolute Gasteiger partial charge is 0.481 e. The SMILES string of the molecule is CC(C)(C)C(CC(=O)O)NC(=O)NCCNC(N)=O. The first-order valence-corrected chi connectivity index (χ1v) is 5.92. The van der Waals surface area contributed by atoms with Crippen molar-refractivity contribution in [3.63, 3.8) is 0 Å². The number of nitrogens with two attached hydrogens (primary N) is 1. The molecule has 0 aromatic heterocycles. The van der Waals surface area contributed by atoms with E-state index in [1.807, 2.05) is 20.8 Å². The third-order valence-electron chi connectivity index (χ3n) is 2.44. The molecule has 0 aliphatic rings. The summed E-state index contributed by atoms with van der Waals surface area (Å²) in [5.41, 5.74) is 4.48. The van der Waals surface area contributed by atoms with Crippen molar-refractivity contribution in [2.24, 2.45) is 11.1 Å². The molecule has 0 rings (SSSR count). The first-order chi connectivity index (χ1) is 8.62. The van der Waals surface area contributed by atoms with Gasteiger partial charge in [0.25, 0.3) is 0 Å². The fourth-order valence-corrected chi connectivity index (χ4v) is 1.32. The van der Waals surface area contributed by atoms with E-state index in [-0.39, 0.29) is 24.9 Å². The van der Waals surface area contributed by atoms with Crippen molar-refractivity contribution in [2.45, 2.75) is 33.2 Å². The predicted octanol–water partition coefficient (Wildman–Crippen LogP) is -0.157. The Morgan fingerprint density at radius 1 is 1.16 bits per heavy atom. The maximum absolute atomic E-state index is 11.6. The van der Waals surface area contributed by atoms with Crippen molar-refractivity contribution in [1.82, 2.24) is 16.0 Å². The average Bonchev–Trinajstić information content (AvgIpc) is 2.21. The molecule has 8 heteroatoms. The van der Waals surface area contributed by atoms with Crippen LogP contribution >= 0.6 is 0 Å². The standard InChI is InChI=1S/C11H22N4O4/c1-11(2,3)7(6-8(16)17)15-10(19)14-5-4-13-9(12)18/h7H,4-6H2,1-3H3,(H,16,17)(H3,12,13,18)(H2,14,15,19). The quantitative estimate of drug-likeness (QED) is 0.430. The van der Waals surface area contributed by atoms with Gasteiger partial charge in [-0.2, -0.15) is 0 Å². The summed E-state index contributed by atoms with van der Waals surface area (Å²) in [5.74, 6) is -0.976. The van der Waals surface area contributed by atoms with E-state index in [1.165, 1.54) is 0 Å². The minimum absolute atomic E-state index is 0.156. The normalized spacial score (nSPS) is 12.4. The first-order valence-electron chi connectivity index (χ1n) is 5.92. The highest BCUT2D eigenvalue weighted by Crippen LogP contribution is 2.21. The summed E-state index contributed by atoms with van der Waals surface area (Å²) in [6.07, 6.45) is -0.156. The number of hydrogen-bond donors (Lipinski definition) is 5. The number of nitrogens with one attached hydrogen (secondary N) is 3. The Hall–Kier alpha value is -1.99. The van der Waals surface area contributed by atoms with E-state index in [9.17, 15) is 14.4 Å².